The van der Waals surface area contributed by atoms with E-state index in [9.17, 15) is 0 Å². The number of benzene rings is 1. The van der Waals surface area contributed by atoms with Crippen LogP contribution in [0.3, 0.4) is 0 Å². The van der Waals surface area contributed by atoms with Crippen molar-refractivity contribution >= 4 is 11.8 Å². The molecule has 0 aliphatic carbocycles. The largest absolute Gasteiger partial charge is 0.377 e. The number of nitrogens with one attached hydrogen (secondary N) is 1. The molecule has 2 rings (SSSR count). The SMILES string of the molecule is CCCNC(CSC1CCOC1C)c1ccc(C)c(C)c1. The van der Waals surface area contributed by atoms with Crippen LogP contribution in [0.25, 0.3) is 0 Å². The van der Waals surface area contributed by atoms with E-state index < -0.39 is 0 Å². The van der Waals surface area contributed by atoms with Crippen LogP contribution in [-0.2, 0) is 4.74 Å². The highest BCUT2D eigenvalue weighted by Gasteiger charge is 2.25. The fourth-order valence-electron chi connectivity index (χ4n) is 2.72. The average molecular weight is 308 g/mol. The van der Waals surface area contributed by atoms with Gasteiger partial charge in [-0.1, -0.05) is 25.1 Å². The Labute approximate surface area is 134 Å². The van der Waals surface area contributed by atoms with E-state index in [1.807, 2.05) is 0 Å². The molecule has 1 aromatic carbocycles. The summed E-state index contributed by atoms with van der Waals surface area (Å²) < 4.78 is 5.68. The predicted molar refractivity (Wildman–Crippen MR) is 93.2 cm³/mol. The summed E-state index contributed by atoms with van der Waals surface area (Å²) in [4.78, 5) is 0. The van der Waals surface area contributed by atoms with Crippen molar-refractivity contribution in [3.05, 3.63) is 34.9 Å². The number of aryl methyl sites for hydroxylation is 2. The first-order chi connectivity index (χ1) is 10.1. The molecule has 0 bridgehead atoms. The van der Waals surface area contributed by atoms with Crippen molar-refractivity contribution in [2.24, 2.45) is 0 Å². The lowest BCUT2D eigenvalue weighted by atomic mass is 10.0. The maximum absolute atomic E-state index is 5.68. The molecule has 118 valence electrons. The van der Waals surface area contributed by atoms with Gasteiger partial charge in [0, 0.05) is 23.7 Å². The van der Waals surface area contributed by atoms with Crippen LogP contribution in [-0.4, -0.2) is 30.3 Å². The van der Waals surface area contributed by atoms with Gasteiger partial charge in [0.05, 0.1) is 6.10 Å². The van der Waals surface area contributed by atoms with Gasteiger partial charge in [0.25, 0.3) is 0 Å². The minimum Gasteiger partial charge on any atom is -0.377 e. The standard InChI is InChI=1S/C18H29NOS/c1-5-9-19-17(12-21-18-8-10-20-15(18)4)16-7-6-13(2)14(3)11-16/h6-7,11,15,17-19H,5,8-10,12H2,1-4H3. The molecule has 1 fully saturated rings. The van der Waals surface area contributed by atoms with Gasteiger partial charge in [0.1, 0.15) is 0 Å². The number of thioether (sulfide) groups is 1. The summed E-state index contributed by atoms with van der Waals surface area (Å²) in [5, 5.41) is 4.36. The van der Waals surface area contributed by atoms with Crippen molar-refractivity contribution < 1.29 is 4.74 Å². The van der Waals surface area contributed by atoms with E-state index in [-0.39, 0.29) is 0 Å². The summed E-state index contributed by atoms with van der Waals surface area (Å²) in [5.74, 6) is 1.13. The molecule has 3 unspecified atom stereocenters. The van der Waals surface area contributed by atoms with Crippen molar-refractivity contribution in [2.45, 2.75) is 57.9 Å². The molecule has 1 N–H and O–H groups in total. The Kier molecular flexibility index (Phi) is 6.59. The number of rotatable bonds is 7. The van der Waals surface area contributed by atoms with E-state index >= 15 is 0 Å². The highest BCUT2D eigenvalue weighted by Crippen LogP contribution is 2.30. The fraction of sp³-hybridized carbons (Fsp3) is 0.667. The van der Waals surface area contributed by atoms with E-state index in [0.29, 0.717) is 17.4 Å². The first-order valence-corrected chi connectivity index (χ1v) is 9.20. The van der Waals surface area contributed by atoms with E-state index in [2.05, 4.69) is 63.0 Å². The molecule has 2 nitrogen and oxygen atoms in total. The summed E-state index contributed by atoms with van der Waals surface area (Å²) in [6, 6.07) is 7.32. The van der Waals surface area contributed by atoms with Crippen molar-refractivity contribution in [2.75, 3.05) is 18.9 Å². The molecular weight excluding hydrogens is 278 g/mol. The van der Waals surface area contributed by atoms with Gasteiger partial charge in [-0.25, -0.2) is 0 Å². The van der Waals surface area contributed by atoms with Crippen LogP contribution in [0.4, 0.5) is 0 Å². The van der Waals surface area contributed by atoms with Gasteiger partial charge in [-0.15, -0.1) is 0 Å². The maximum atomic E-state index is 5.68. The monoisotopic (exact) mass is 307 g/mol. The van der Waals surface area contributed by atoms with E-state index in [1.54, 1.807) is 0 Å². The molecule has 3 atom stereocenters. The lowest BCUT2D eigenvalue weighted by molar-refractivity contribution is 0.127. The quantitative estimate of drug-likeness (QED) is 0.813. The summed E-state index contributed by atoms with van der Waals surface area (Å²) in [5.41, 5.74) is 4.18. The Morgan fingerprint density at radius 2 is 2.14 bits per heavy atom. The molecular formula is C18H29NOS. The van der Waals surface area contributed by atoms with Gasteiger partial charge >= 0.3 is 0 Å². The molecule has 1 heterocycles. The lowest BCUT2D eigenvalue weighted by Gasteiger charge is -2.22. The number of ether oxygens (including phenoxy) is 1. The Morgan fingerprint density at radius 3 is 2.76 bits per heavy atom. The van der Waals surface area contributed by atoms with Crippen molar-refractivity contribution in [3.63, 3.8) is 0 Å². The van der Waals surface area contributed by atoms with Crippen molar-refractivity contribution in [1.82, 2.24) is 5.32 Å². The van der Waals surface area contributed by atoms with Crippen LogP contribution in [0.1, 0.15) is 49.4 Å². The first kappa shape index (κ1) is 16.9. The van der Waals surface area contributed by atoms with Gasteiger partial charge in [-0.3, -0.25) is 0 Å². The molecule has 1 aromatic rings. The van der Waals surface area contributed by atoms with Crippen LogP contribution in [0.2, 0.25) is 0 Å². The Balaban J connectivity index is 2.00. The molecule has 1 aliphatic heterocycles. The first-order valence-electron chi connectivity index (χ1n) is 8.15. The van der Waals surface area contributed by atoms with Crippen molar-refractivity contribution in [3.8, 4) is 0 Å². The molecule has 0 aromatic heterocycles. The van der Waals surface area contributed by atoms with Crippen LogP contribution in [0.5, 0.6) is 0 Å². The number of hydrogen-bond donors (Lipinski definition) is 1. The number of hydrogen-bond acceptors (Lipinski definition) is 3. The fourth-order valence-corrected chi connectivity index (χ4v) is 4.09. The van der Waals surface area contributed by atoms with Gasteiger partial charge < -0.3 is 10.1 Å². The van der Waals surface area contributed by atoms with Crippen LogP contribution >= 0.6 is 11.8 Å². The normalized spacial score (nSPS) is 23.4. The minimum absolute atomic E-state index is 0.404. The second kappa shape index (κ2) is 8.21. The van der Waals surface area contributed by atoms with Crippen LogP contribution < -0.4 is 5.32 Å². The zero-order chi connectivity index (χ0) is 15.2. The third-order valence-corrected chi connectivity index (χ3v) is 5.93. The Bertz CT molecular complexity index is 449. The second-order valence-corrected chi connectivity index (χ2v) is 7.36. The third kappa shape index (κ3) is 4.73. The minimum atomic E-state index is 0.404. The zero-order valence-electron chi connectivity index (χ0n) is 13.8. The molecule has 1 saturated heterocycles. The molecule has 1 aliphatic rings. The summed E-state index contributed by atoms with van der Waals surface area (Å²) in [7, 11) is 0. The van der Waals surface area contributed by atoms with Gasteiger partial charge in [0.15, 0.2) is 0 Å². The maximum Gasteiger partial charge on any atom is 0.0666 e. The predicted octanol–water partition coefficient (Wildman–Crippen LogP) is 4.25. The molecule has 0 radical (unpaired) electrons. The highest BCUT2D eigenvalue weighted by molar-refractivity contribution is 8.00. The molecule has 21 heavy (non-hydrogen) atoms. The molecule has 0 spiro atoms. The summed E-state index contributed by atoms with van der Waals surface area (Å²) in [6.07, 6.45) is 2.77. The van der Waals surface area contributed by atoms with E-state index in [1.165, 1.54) is 29.5 Å². The van der Waals surface area contributed by atoms with Crippen LogP contribution in [0, 0.1) is 13.8 Å². The second-order valence-electron chi connectivity index (χ2n) is 6.09. The summed E-state index contributed by atoms with van der Waals surface area (Å²) >= 11 is 2.07. The highest BCUT2D eigenvalue weighted by atomic mass is 32.2. The topological polar surface area (TPSA) is 21.3 Å². The van der Waals surface area contributed by atoms with E-state index in [4.69, 9.17) is 4.74 Å². The zero-order valence-corrected chi connectivity index (χ0v) is 14.6. The van der Waals surface area contributed by atoms with Crippen LogP contribution in [0.15, 0.2) is 18.2 Å². The lowest BCUT2D eigenvalue weighted by Crippen LogP contribution is -2.26. The van der Waals surface area contributed by atoms with Gasteiger partial charge in [-0.05, 0) is 56.8 Å². The third-order valence-electron chi connectivity index (χ3n) is 4.36. The Hall–Kier alpha value is -0.510. The average Bonchev–Trinajstić information content (AvgIpc) is 2.88. The van der Waals surface area contributed by atoms with Gasteiger partial charge in [-0.2, -0.15) is 11.8 Å². The molecule has 0 amide bonds. The van der Waals surface area contributed by atoms with Gasteiger partial charge in [0.2, 0.25) is 0 Å². The van der Waals surface area contributed by atoms with Crippen molar-refractivity contribution in [1.29, 1.82) is 0 Å². The Morgan fingerprint density at radius 1 is 1.33 bits per heavy atom. The molecule has 3 heteroatoms. The van der Waals surface area contributed by atoms with E-state index in [0.717, 1.165) is 18.9 Å². The smallest absolute Gasteiger partial charge is 0.0666 e. The summed E-state index contributed by atoms with van der Waals surface area (Å²) in [6.45, 7) is 10.8. The molecule has 0 saturated carbocycles.